The lowest BCUT2D eigenvalue weighted by atomic mass is 9.81. The summed E-state index contributed by atoms with van der Waals surface area (Å²) in [6.45, 7) is 2.23. The van der Waals surface area contributed by atoms with Gasteiger partial charge in [0, 0.05) is 32.9 Å². The van der Waals surface area contributed by atoms with Gasteiger partial charge in [-0.3, -0.25) is 9.59 Å². The van der Waals surface area contributed by atoms with E-state index in [-0.39, 0.29) is 11.6 Å². The molecule has 134 valence electrons. The SMILES string of the molecule is CCC1CCCCC1Nc1ccc(Br)c2c1C(=O)c1ccccc1C2=O. The highest BCUT2D eigenvalue weighted by molar-refractivity contribution is 9.10. The normalized spacial score (nSPS) is 21.9. The zero-order valence-electron chi connectivity index (χ0n) is 14.8. The Balaban J connectivity index is 1.79. The van der Waals surface area contributed by atoms with E-state index in [0.29, 0.717) is 38.7 Å². The number of fused-ring (bicyclic) bond motifs is 2. The lowest BCUT2D eigenvalue weighted by molar-refractivity contribution is 0.0979. The summed E-state index contributed by atoms with van der Waals surface area (Å²) >= 11 is 3.49. The lowest BCUT2D eigenvalue weighted by Crippen LogP contribution is -2.33. The van der Waals surface area contributed by atoms with E-state index in [2.05, 4.69) is 28.2 Å². The number of halogens is 1. The summed E-state index contributed by atoms with van der Waals surface area (Å²) in [4.78, 5) is 26.2. The zero-order valence-corrected chi connectivity index (χ0v) is 16.4. The number of ketones is 2. The van der Waals surface area contributed by atoms with Crippen LogP contribution in [-0.2, 0) is 0 Å². The van der Waals surface area contributed by atoms with Crippen LogP contribution in [0.3, 0.4) is 0 Å². The summed E-state index contributed by atoms with van der Waals surface area (Å²) in [5, 5.41) is 3.63. The standard InChI is InChI=1S/C22H22BrNO2/c1-2-13-7-3-6-10-17(13)24-18-12-11-16(23)19-20(18)22(26)15-9-5-4-8-14(15)21(19)25/h4-5,8-9,11-13,17,24H,2-3,6-7,10H2,1H3. The maximum atomic E-state index is 13.2. The Morgan fingerprint density at radius 2 is 1.62 bits per heavy atom. The maximum absolute atomic E-state index is 13.2. The van der Waals surface area contributed by atoms with Gasteiger partial charge in [0.05, 0.1) is 5.56 Å². The molecule has 2 aliphatic rings. The van der Waals surface area contributed by atoms with E-state index < -0.39 is 0 Å². The van der Waals surface area contributed by atoms with Crippen molar-refractivity contribution < 1.29 is 9.59 Å². The van der Waals surface area contributed by atoms with Crippen LogP contribution < -0.4 is 5.32 Å². The Kier molecular flexibility index (Phi) is 4.70. The fourth-order valence-corrected chi connectivity index (χ4v) is 4.90. The Morgan fingerprint density at radius 1 is 0.962 bits per heavy atom. The molecule has 2 aliphatic carbocycles. The number of carbonyl (C=O) groups is 2. The van der Waals surface area contributed by atoms with Crippen molar-refractivity contribution in [3.63, 3.8) is 0 Å². The van der Waals surface area contributed by atoms with Gasteiger partial charge in [0.1, 0.15) is 0 Å². The molecular weight excluding hydrogens is 390 g/mol. The van der Waals surface area contributed by atoms with Crippen molar-refractivity contribution in [1.82, 2.24) is 0 Å². The van der Waals surface area contributed by atoms with Gasteiger partial charge < -0.3 is 5.32 Å². The van der Waals surface area contributed by atoms with Crippen LogP contribution in [0.1, 0.15) is 70.9 Å². The first-order valence-electron chi connectivity index (χ1n) is 9.39. The van der Waals surface area contributed by atoms with E-state index in [1.807, 2.05) is 18.2 Å². The van der Waals surface area contributed by atoms with Crippen molar-refractivity contribution in [3.05, 3.63) is 63.1 Å². The zero-order chi connectivity index (χ0) is 18.3. The number of nitrogens with one attached hydrogen (secondary N) is 1. The Bertz CT molecular complexity index is 890. The quantitative estimate of drug-likeness (QED) is 0.609. The molecule has 1 saturated carbocycles. The molecular formula is C22H22BrNO2. The summed E-state index contributed by atoms with van der Waals surface area (Å²) in [5.74, 6) is 0.467. The van der Waals surface area contributed by atoms with E-state index in [9.17, 15) is 9.59 Å². The van der Waals surface area contributed by atoms with Gasteiger partial charge in [-0.15, -0.1) is 0 Å². The molecule has 0 aliphatic heterocycles. The minimum atomic E-state index is -0.0820. The molecule has 0 bridgehead atoms. The first kappa shape index (κ1) is 17.5. The van der Waals surface area contributed by atoms with Crippen LogP contribution in [0.2, 0.25) is 0 Å². The van der Waals surface area contributed by atoms with Gasteiger partial charge in [0.15, 0.2) is 11.6 Å². The average Bonchev–Trinajstić information content (AvgIpc) is 2.67. The fourth-order valence-electron chi connectivity index (χ4n) is 4.39. The molecule has 0 heterocycles. The van der Waals surface area contributed by atoms with E-state index >= 15 is 0 Å². The largest absolute Gasteiger partial charge is 0.381 e. The monoisotopic (exact) mass is 411 g/mol. The summed E-state index contributed by atoms with van der Waals surface area (Å²) in [7, 11) is 0. The third-order valence-electron chi connectivity index (χ3n) is 5.80. The number of benzene rings is 2. The molecule has 2 aromatic carbocycles. The van der Waals surface area contributed by atoms with Crippen molar-refractivity contribution in [3.8, 4) is 0 Å². The van der Waals surface area contributed by atoms with Gasteiger partial charge in [0.25, 0.3) is 0 Å². The molecule has 2 aromatic rings. The average molecular weight is 412 g/mol. The van der Waals surface area contributed by atoms with Crippen LogP contribution in [0.15, 0.2) is 40.9 Å². The van der Waals surface area contributed by atoms with Crippen LogP contribution >= 0.6 is 15.9 Å². The molecule has 4 heteroatoms. The van der Waals surface area contributed by atoms with Crippen LogP contribution in [0.25, 0.3) is 0 Å². The second-order valence-corrected chi connectivity index (χ2v) is 8.11. The topological polar surface area (TPSA) is 46.2 Å². The van der Waals surface area contributed by atoms with E-state index in [0.717, 1.165) is 18.5 Å². The number of carbonyl (C=O) groups excluding carboxylic acids is 2. The van der Waals surface area contributed by atoms with Crippen molar-refractivity contribution in [2.24, 2.45) is 5.92 Å². The van der Waals surface area contributed by atoms with Crippen molar-refractivity contribution in [2.75, 3.05) is 5.32 Å². The second-order valence-electron chi connectivity index (χ2n) is 7.25. The highest BCUT2D eigenvalue weighted by Gasteiger charge is 2.34. The first-order chi connectivity index (χ1) is 12.6. The summed E-state index contributed by atoms with van der Waals surface area (Å²) in [6, 6.07) is 11.3. The van der Waals surface area contributed by atoms with Gasteiger partial charge in [-0.1, -0.05) is 66.4 Å². The number of rotatable bonds is 3. The first-order valence-corrected chi connectivity index (χ1v) is 10.2. The summed E-state index contributed by atoms with van der Waals surface area (Å²) in [6.07, 6.45) is 5.96. The van der Waals surface area contributed by atoms with Gasteiger partial charge in [-0.05, 0) is 30.9 Å². The molecule has 26 heavy (non-hydrogen) atoms. The van der Waals surface area contributed by atoms with Crippen LogP contribution in [-0.4, -0.2) is 17.6 Å². The van der Waals surface area contributed by atoms with Crippen molar-refractivity contribution in [1.29, 1.82) is 0 Å². The Hall–Kier alpha value is -1.94. The molecule has 2 atom stereocenters. The highest BCUT2D eigenvalue weighted by Crippen LogP contribution is 2.38. The molecule has 0 radical (unpaired) electrons. The molecule has 0 aromatic heterocycles. The Labute approximate surface area is 162 Å². The maximum Gasteiger partial charge on any atom is 0.196 e. The predicted octanol–water partition coefficient (Wildman–Crippen LogP) is 5.61. The molecule has 1 fully saturated rings. The Morgan fingerprint density at radius 3 is 2.31 bits per heavy atom. The molecule has 3 nitrogen and oxygen atoms in total. The van der Waals surface area contributed by atoms with E-state index in [1.165, 1.54) is 19.3 Å². The number of anilines is 1. The minimum absolute atomic E-state index is 0.0668. The highest BCUT2D eigenvalue weighted by atomic mass is 79.9. The molecule has 0 amide bonds. The van der Waals surface area contributed by atoms with Gasteiger partial charge in [0.2, 0.25) is 0 Å². The molecule has 1 N–H and O–H groups in total. The van der Waals surface area contributed by atoms with Gasteiger partial charge >= 0.3 is 0 Å². The van der Waals surface area contributed by atoms with Crippen molar-refractivity contribution in [2.45, 2.75) is 45.1 Å². The number of hydrogen-bond donors (Lipinski definition) is 1. The third-order valence-corrected chi connectivity index (χ3v) is 6.46. The number of hydrogen-bond acceptors (Lipinski definition) is 3. The second kappa shape index (κ2) is 6.99. The van der Waals surface area contributed by atoms with Crippen LogP contribution in [0.5, 0.6) is 0 Å². The summed E-state index contributed by atoms with van der Waals surface area (Å²) < 4.78 is 0.682. The molecule has 0 spiro atoms. The van der Waals surface area contributed by atoms with Gasteiger partial charge in [-0.25, -0.2) is 0 Å². The predicted molar refractivity (Wildman–Crippen MR) is 107 cm³/mol. The van der Waals surface area contributed by atoms with Crippen LogP contribution in [0.4, 0.5) is 5.69 Å². The molecule has 2 unspecified atom stereocenters. The lowest BCUT2D eigenvalue weighted by Gasteiger charge is -2.33. The molecule has 4 rings (SSSR count). The molecule has 0 saturated heterocycles. The fraction of sp³-hybridized carbons (Fsp3) is 0.364. The van der Waals surface area contributed by atoms with Crippen LogP contribution in [0, 0.1) is 5.92 Å². The summed E-state index contributed by atoms with van der Waals surface area (Å²) in [5.41, 5.74) is 2.79. The smallest absolute Gasteiger partial charge is 0.196 e. The third kappa shape index (κ3) is 2.81. The van der Waals surface area contributed by atoms with Crippen molar-refractivity contribution >= 4 is 33.2 Å². The minimum Gasteiger partial charge on any atom is -0.381 e. The van der Waals surface area contributed by atoms with E-state index in [1.54, 1.807) is 18.2 Å². The van der Waals surface area contributed by atoms with Gasteiger partial charge in [-0.2, -0.15) is 0 Å². The van der Waals surface area contributed by atoms with E-state index in [4.69, 9.17) is 0 Å².